The first kappa shape index (κ1) is 9.23. The van der Waals surface area contributed by atoms with Crippen LogP contribution in [0, 0.1) is 17.8 Å². The second kappa shape index (κ2) is 3.81. The van der Waals surface area contributed by atoms with Crippen LogP contribution in [0.2, 0.25) is 0 Å². The maximum Gasteiger partial charge on any atom is 0.136 e. The third-order valence-corrected chi connectivity index (χ3v) is 3.91. The highest BCUT2D eigenvalue weighted by Gasteiger charge is 2.33. The molecule has 0 heterocycles. The Hall–Kier alpha value is -0.330. The number of ketones is 1. The Labute approximate surface area is 80.9 Å². The molecule has 13 heavy (non-hydrogen) atoms. The van der Waals surface area contributed by atoms with Crippen molar-refractivity contribution < 1.29 is 4.79 Å². The Balaban J connectivity index is 1.95. The number of hydrogen-bond acceptors (Lipinski definition) is 1. The van der Waals surface area contributed by atoms with Gasteiger partial charge in [0.2, 0.25) is 0 Å². The van der Waals surface area contributed by atoms with Gasteiger partial charge in [0.25, 0.3) is 0 Å². The van der Waals surface area contributed by atoms with Crippen molar-refractivity contribution in [2.24, 2.45) is 17.8 Å². The molecule has 0 spiro atoms. The molecular formula is C12H20O. The minimum Gasteiger partial charge on any atom is -0.299 e. The van der Waals surface area contributed by atoms with Gasteiger partial charge in [-0.05, 0) is 37.5 Å². The van der Waals surface area contributed by atoms with Crippen LogP contribution in [0.3, 0.4) is 0 Å². The molecule has 0 aromatic carbocycles. The van der Waals surface area contributed by atoms with E-state index in [2.05, 4.69) is 6.92 Å². The van der Waals surface area contributed by atoms with E-state index in [4.69, 9.17) is 0 Å². The maximum absolute atomic E-state index is 11.7. The number of carbonyl (C=O) groups excluding carboxylic acids is 1. The summed E-state index contributed by atoms with van der Waals surface area (Å²) in [7, 11) is 0. The smallest absolute Gasteiger partial charge is 0.136 e. The fourth-order valence-corrected chi connectivity index (χ4v) is 3.13. The first-order valence-electron chi connectivity index (χ1n) is 5.80. The van der Waals surface area contributed by atoms with Crippen molar-refractivity contribution in [3.63, 3.8) is 0 Å². The van der Waals surface area contributed by atoms with E-state index in [0.29, 0.717) is 11.7 Å². The first-order valence-corrected chi connectivity index (χ1v) is 5.80. The van der Waals surface area contributed by atoms with Crippen LogP contribution in [0.5, 0.6) is 0 Å². The van der Waals surface area contributed by atoms with E-state index in [1.807, 2.05) is 0 Å². The Morgan fingerprint density at radius 1 is 1.15 bits per heavy atom. The fraction of sp³-hybridized carbons (Fsp3) is 0.917. The van der Waals surface area contributed by atoms with Crippen LogP contribution in [0.15, 0.2) is 0 Å². The molecule has 1 heteroatoms. The Kier molecular flexibility index (Phi) is 2.71. The summed E-state index contributed by atoms with van der Waals surface area (Å²) in [6.07, 6.45) is 8.49. The summed E-state index contributed by atoms with van der Waals surface area (Å²) in [5.74, 6) is 2.66. The molecule has 0 aromatic rings. The van der Waals surface area contributed by atoms with Crippen LogP contribution in [0.1, 0.15) is 51.9 Å². The lowest BCUT2D eigenvalue weighted by molar-refractivity contribution is -0.126. The summed E-state index contributed by atoms with van der Waals surface area (Å²) >= 11 is 0. The lowest BCUT2D eigenvalue weighted by atomic mass is 9.78. The van der Waals surface area contributed by atoms with Gasteiger partial charge in [0.15, 0.2) is 0 Å². The lowest BCUT2D eigenvalue weighted by Gasteiger charge is -2.25. The Morgan fingerprint density at radius 3 is 2.62 bits per heavy atom. The van der Waals surface area contributed by atoms with Gasteiger partial charge in [-0.15, -0.1) is 0 Å². The van der Waals surface area contributed by atoms with Crippen molar-refractivity contribution in [2.45, 2.75) is 51.9 Å². The van der Waals surface area contributed by atoms with Crippen LogP contribution >= 0.6 is 0 Å². The number of rotatable bonds is 1. The maximum atomic E-state index is 11.7. The quantitative estimate of drug-likeness (QED) is 0.605. The molecule has 2 saturated carbocycles. The molecule has 2 aliphatic carbocycles. The number of hydrogen-bond donors (Lipinski definition) is 0. The third kappa shape index (κ3) is 1.95. The fourth-order valence-electron chi connectivity index (χ4n) is 3.13. The second-order valence-corrected chi connectivity index (χ2v) is 5.00. The summed E-state index contributed by atoms with van der Waals surface area (Å²) in [5.41, 5.74) is 0. The van der Waals surface area contributed by atoms with Gasteiger partial charge in [-0.1, -0.05) is 19.8 Å². The molecule has 0 saturated heterocycles. The van der Waals surface area contributed by atoms with E-state index in [1.54, 1.807) is 0 Å². The molecule has 0 radical (unpaired) electrons. The molecule has 2 rings (SSSR count). The molecule has 3 atom stereocenters. The van der Waals surface area contributed by atoms with Gasteiger partial charge in [0, 0.05) is 12.3 Å². The van der Waals surface area contributed by atoms with Gasteiger partial charge in [0.1, 0.15) is 5.78 Å². The van der Waals surface area contributed by atoms with Crippen LogP contribution < -0.4 is 0 Å². The van der Waals surface area contributed by atoms with E-state index >= 15 is 0 Å². The Bertz CT molecular complexity index is 197. The highest BCUT2D eigenvalue weighted by atomic mass is 16.1. The minimum absolute atomic E-state index is 0.457. The van der Waals surface area contributed by atoms with Crippen molar-refractivity contribution in [1.29, 1.82) is 0 Å². The zero-order chi connectivity index (χ0) is 9.26. The summed E-state index contributed by atoms with van der Waals surface area (Å²) in [6, 6.07) is 0. The second-order valence-electron chi connectivity index (χ2n) is 5.00. The van der Waals surface area contributed by atoms with Crippen molar-refractivity contribution in [3.05, 3.63) is 0 Å². The topological polar surface area (TPSA) is 17.1 Å². The first-order chi connectivity index (χ1) is 6.27. The van der Waals surface area contributed by atoms with Crippen molar-refractivity contribution >= 4 is 5.78 Å². The predicted molar refractivity (Wildman–Crippen MR) is 53.5 cm³/mol. The molecule has 2 aliphatic rings. The summed E-state index contributed by atoms with van der Waals surface area (Å²) in [5, 5.41) is 0. The van der Waals surface area contributed by atoms with E-state index in [-0.39, 0.29) is 0 Å². The van der Waals surface area contributed by atoms with E-state index in [9.17, 15) is 4.79 Å². The van der Waals surface area contributed by atoms with Crippen LogP contribution in [0.25, 0.3) is 0 Å². The molecule has 3 unspecified atom stereocenters. The van der Waals surface area contributed by atoms with Crippen LogP contribution in [0.4, 0.5) is 0 Å². The average molecular weight is 180 g/mol. The van der Waals surface area contributed by atoms with E-state index in [1.165, 1.54) is 32.1 Å². The molecule has 1 nitrogen and oxygen atoms in total. The van der Waals surface area contributed by atoms with Gasteiger partial charge >= 0.3 is 0 Å². The highest BCUT2D eigenvalue weighted by Crippen LogP contribution is 2.40. The lowest BCUT2D eigenvalue weighted by Crippen LogP contribution is -2.25. The zero-order valence-electron chi connectivity index (χ0n) is 8.59. The predicted octanol–water partition coefficient (Wildman–Crippen LogP) is 3.18. The summed E-state index contributed by atoms with van der Waals surface area (Å²) < 4.78 is 0. The molecule has 2 fully saturated rings. The number of carbonyl (C=O) groups is 1. The van der Waals surface area contributed by atoms with Gasteiger partial charge in [-0.3, -0.25) is 4.79 Å². The summed E-state index contributed by atoms with van der Waals surface area (Å²) in [4.78, 5) is 11.7. The minimum atomic E-state index is 0.457. The third-order valence-electron chi connectivity index (χ3n) is 3.91. The van der Waals surface area contributed by atoms with Gasteiger partial charge in [-0.25, -0.2) is 0 Å². The molecule has 0 aromatic heterocycles. The zero-order valence-corrected chi connectivity index (χ0v) is 8.59. The molecule has 0 bridgehead atoms. The van der Waals surface area contributed by atoms with Gasteiger partial charge in [0.05, 0.1) is 0 Å². The SMILES string of the molecule is CC1CCC(C2CCCCC2=O)C1. The average Bonchev–Trinajstić information content (AvgIpc) is 2.53. The molecule has 0 N–H and O–H groups in total. The van der Waals surface area contributed by atoms with Crippen LogP contribution in [-0.2, 0) is 4.79 Å². The summed E-state index contributed by atoms with van der Waals surface area (Å²) in [6.45, 7) is 2.33. The normalized spacial score (nSPS) is 41.0. The van der Waals surface area contributed by atoms with Crippen molar-refractivity contribution in [2.75, 3.05) is 0 Å². The van der Waals surface area contributed by atoms with Crippen LogP contribution in [-0.4, -0.2) is 5.78 Å². The standard InChI is InChI=1S/C12H20O/c1-9-6-7-10(8-9)11-4-2-3-5-12(11)13/h9-11H,2-8H2,1H3. The number of Topliss-reactive ketones (excluding diaryl/α,β-unsaturated/α-hetero) is 1. The van der Waals surface area contributed by atoms with Gasteiger partial charge < -0.3 is 0 Å². The van der Waals surface area contributed by atoms with E-state index in [0.717, 1.165) is 24.7 Å². The molecule has 0 amide bonds. The molecule has 74 valence electrons. The molecular weight excluding hydrogens is 160 g/mol. The largest absolute Gasteiger partial charge is 0.299 e. The Morgan fingerprint density at radius 2 is 2.00 bits per heavy atom. The van der Waals surface area contributed by atoms with Crippen molar-refractivity contribution in [3.8, 4) is 0 Å². The van der Waals surface area contributed by atoms with E-state index < -0.39 is 0 Å². The van der Waals surface area contributed by atoms with Gasteiger partial charge in [-0.2, -0.15) is 0 Å². The van der Waals surface area contributed by atoms with Crippen molar-refractivity contribution in [1.82, 2.24) is 0 Å². The molecule has 0 aliphatic heterocycles. The monoisotopic (exact) mass is 180 g/mol. The highest BCUT2D eigenvalue weighted by molar-refractivity contribution is 5.81.